The third-order valence-corrected chi connectivity index (χ3v) is 9.22. The van der Waals surface area contributed by atoms with Crippen LogP contribution in [0.4, 0.5) is 4.79 Å². The van der Waals surface area contributed by atoms with E-state index >= 15 is 0 Å². The summed E-state index contributed by atoms with van der Waals surface area (Å²) in [6.07, 6.45) is -0.835. The second-order valence-electron chi connectivity index (χ2n) is 11.0. The van der Waals surface area contributed by atoms with E-state index < -0.39 is 6.16 Å². The predicted molar refractivity (Wildman–Crippen MR) is 192 cm³/mol. The molecule has 6 rings (SSSR count). The van der Waals surface area contributed by atoms with Crippen molar-refractivity contribution >= 4 is 68.6 Å². The average molecular weight is 675 g/mol. The summed E-state index contributed by atoms with van der Waals surface area (Å²) < 4.78 is 7.35. The lowest BCUT2D eigenvalue weighted by Crippen LogP contribution is -2.18. The first-order valence-corrected chi connectivity index (χ1v) is 16.8. The van der Waals surface area contributed by atoms with Gasteiger partial charge in [-0.2, -0.15) is 0 Å². The van der Waals surface area contributed by atoms with Crippen molar-refractivity contribution in [1.82, 2.24) is 4.57 Å². The summed E-state index contributed by atoms with van der Waals surface area (Å²) in [5.74, 6) is 0.338. The number of nitrogens with zero attached hydrogens (tertiary/aromatic N) is 2. The first kappa shape index (κ1) is 32.7. The molecule has 7 nitrogen and oxygen atoms in total. The van der Waals surface area contributed by atoms with E-state index in [1.54, 1.807) is 48.5 Å². The number of rotatable bonds is 11. The summed E-state index contributed by atoms with van der Waals surface area (Å²) in [6.45, 7) is 4.68. The van der Waals surface area contributed by atoms with E-state index in [1.807, 2.05) is 73.7 Å². The van der Waals surface area contributed by atoms with Gasteiger partial charge in [-0.15, -0.1) is 11.8 Å². The fraction of sp³-hybridized carbons (Fsp3) is 0.128. The molecule has 1 aromatic heterocycles. The van der Waals surface area contributed by atoms with Gasteiger partial charge in [0.1, 0.15) is 11.5 Å². The quantitative estimate of drug-likeness (QED) is 0.0259. The zero-order valence-corrected chi connectivity index (χ0v) is 27.9. The highest BCUT2D eigenvalue weighted by molar-refractivity contribution is 7.99. The highest BCUT2D eigenvalue weighted by Gasteiger charge is 2.21. The molecule has 6 aromatic rings. The molecule has 9 heteroatoms. The van der Waals surface area contributed by atoms with E-state index in [1.165, 1.54) is 11.8 Å². The number of carbonyl (C=O) groups is 3. The van der Waals surface area contributed by atoms with Crippen molar-refractivity contribution in [2.45, 2.75) is 31.7 Å². The van der Waals surface area contributed by atoms with Gasteiger partial charge in [0.2, 0.25) is 5.78 Å². The van der Waals surface area contributed by atoms with Crippen LogP contribution in [0.15, 0.2) is 125 Å². The molecule has 0 unspecified atom stereocenters. The number of aryl methyl sites for hydroxylation is 2. The molecule has 0 saturated heterocycles. The predicted octanol–water partition coefficient (Wildman–Crippen LogP) is 9.94. The largest absolute Gasteiger partial charge is 0.540 e. The van der Waals surface area contributed by atoms with E-state index in [9.17, 15) is 14.4 Å². The maximum atomic E-state index is 14.0. The van der Waals surface area contributed by atoms with Crippen molar-refractivity contribution in [2.75, 3.05) is 5.75 Å². The number of oxime groups is 1. The highest BCUT2D eigenvalue weighted by Crippen LogP contribution is 2.32. The van der Waals surface area contributed by atoms with Crippen LogP contribution in [-0.4, -0.2) is 33.8 Å². The SMILES string of the molecule is CCn1c2ccc(C(=O)C(CCSc3ccc(Cl)cc3)=NOC(=O)Oc3ccccc3)cc2c2cc(C(=O)c3ccccc3C)ccc21. The summed E-state index contributed by atoms with van der Waals surface area (Å²) >= 11 is 7.55. The molecule has 1 heterocycles. The van der Waals surface area contributed by atoms with Gasteiger partial charge in [0.15, 0.2) is 5.78 Å². The number of hydrogen-bond acceptors (Lipinski definition) is 7. The van der Waals surface area contributed by atoms with Crippen LogP contribution in [0.25, 0.3) is 21.8 Å². The number of ether oxygens (including phenoxy) is 1. The molecule has 0 spiro atoms. The monoisotopic (exact) mass is 674 g/mol. The van der Waals surface area contributed by atoms with Crippen LogP contribution in [-0.2, 0) is 11.4 Å². The number of benzene rings is 5. The van der Waals surface area contributed by atoms with E-state index in [-0.39, 0.29) is 23.7 Å². The number of hydrogen-bond donors (Lipinski definition) is 0. The molecule has 0 radical (unpaired) electrons. The Bertz CT molecular complexity index is 2170. The minimum atomic E-state index is -1.05. The molecular weight excluding hydrogens is 644 g/mol. The molecule has 0 aliphatic rings. The van der Waals surface area contributed by atoms with Gasteiger partial charge in [-0.1, -0.05) is 59.2 Å². The second-order valence-corrected chi connectivity index (χ2v) is 12.6. The molecule has 0 bridgehead atoms. The smallest absolute Gasteiger partial charge is 0.393 e. The van der Waals surface area contributed by atoms with Crippen LogP contribution in [0.3, 0.4) is 0 Å². The van der Waals surface area contributed by atoms with Crippen LogP contribution in [0.5, 0.6) is 5.75 Å². The van der Waals surface area contributed by atoms with Crippen LogP contribution < -0.4 is 4.74 Å². The molecule has 240 valence electrons. The van der Waals surface area contributed by atoms with Crippen LogP contribution in [0.1, 0.15) is 45.2 Å². The van der Waals surface area contributed by atoms with E-state index in [0.717, 1.165) is 32.3 Å². The third-order valence-electron chi connectivity index (χ3n) is 7.95. The summed E-state index contributed by atoms with van der Waals surface area (Å²) in [7, 11) is 0. The topological polar surface area (TPSA) is 87.0 Å². The molecule has 0 saturated carbocycles. The van der Waals surface area contributed by atoms with Gasteiger partial charge in [-0.3, -0.25) is 14.4 Å². The summed E-state index contributed by atoms with van der Waals surface area (Å²) in [5, 5.41) is 6.32. The average Bonchev–Trinajstić information content (AvgIpc) is 3.42. The minimum absolute atomic E-state index is 0.0632. The number of Topliss-reactive ketones (excluding diaryl/α,β-unsaturated/α-hetero) is 1. The molecular formula is C39H31ClN2O5S. The fourth-order valence-corrected chi connectivity index (χ4v) is 6.56. The van der Waals surface area contributed by atoms with Crippen LogP contribution in [0, 0.1) is 6.92 Å². The third kappa shape index (κ3) is 7.20. The Hall–Kier alpha value is -5.18. The fourth-order valence-electron chi connectivity index (χ4n) is 5.57. The number of carbonyl (C=O) groups excluding carboxylic acids is 3. The molecule has 0 aliphatic heterocycles. The number of thioether (sulfide) groups is 1. The first-order chi connectivity index (χ1) is 23.3. The van der Waals surface area contributed by atoms with Crippen LogP contribution >= 0.6 is 23.4 Å². The molecule has 0 aliphatic carbocycles. The Morgan fingerprint density at radius 2 is 1.44 bits per heavy atom. The van der Waals surface area contributed by atoms with Crippen molar-refractivity contribution in [3.63, 3.8) is 0 Å². The van der Waals surface area contributed by atoms with Crippen molar-refractivity contribution in [2.24, 2.45) is 5.16 Å². The lowest BCUT2D eigenvalue weighted by molar-refractivity contribution is 0.0984. The van der Waals surface area contributed by atoms with Gasteiger partial charge in [0.25, 0.3) is 0 Å². The molecule has 48 heavy (non-hydrogen) atoms. The van der Waals surface area contributed by atoms with Gasteiger partial charge in [0, 0.05) is 67.1 Å². The number of para-hydroxylation sites is 1. The Morgan fingerprint density at radius 3 is 2.12 bits per heavy atom. The number of aromatic nitrogens is 1. The summed E-state index contributed by atoms with van der Waals surface area (Å²) in [5.41, 5.74) is 4.45. The molecule has 5 aromatic carbocycles. The van der Waals surface area contributed by atoms with Gasteiger partial charge in [-0.25, -0.2) is 4.79 Å². The van der Waals surface area contributed by atoms with Gasteiger partial charge in [0.05, 0.1) is 0 Å². The van der Waals surface area contributed by atoms with Crippen molar-refractivity contribution in [1.29, 1.82) is 0 Å². The lowest BCUT2D eigenvalue weighted by Gasteiger charge is -2.08. The molecule has 0 fully saturated rings. The lowest BCUT2D eigenvalue weighted by atomic mass is 9.97. The molecule has 0 N–H and O–H groups in total. The van der Waals surface area contributed by atoms with E-state index in [4.69, 9.17) is 21.2 Å². The number of fused-ring (bicyclic) bond motifs is 3. The Balaban J connectivity index is 1.33. The maximum absolute atomic E-state index is 14.0. The first-order valence-electron chi connectivity index (χ1n) is 15.4. The Labute approximate surface area is 287 Å². The normalized spacial score (nSPS) is 11.5. The zero-order chi connectivity index (χ0) is 33.6. The Kier molecular flexibility index (Phi) is 10.0. The molecule has 0 atom stereocenters. The van der Waals surface area contributed by atoms with Crippen molar-refractivity contribution in [3.8, 4) is 5.75 Å². The summed E-state index contributed by atoms with van der Waals surface area (Å²) in [6, 6.07) is 34.6. The van der Waals surface area contributed by atoms with Crippen LogP contribution in [0.2, 0.25) is 5.02 Å². The van der Waals surface area contributed by atoms with Gasteiger partial charge < -0.3 is 9.30 Å². The highest BCUT2D eigenvalue weighted by atomic mass is 35.5. The number of ketones is 2. The van der Waals surface area contributed by atoms with E-state index in [0.29, 0.717) is 39.8 Å². The van der Waals surface area contributed by atoms with Crippen molar-refractivity contribution in [3.05, 3.63) is 143 Å². The minimum Gasteiger partial charge on any atom is -0.393 e. The molecule has 0 amide bonds. The van der Waals surface area contributed by atoms with Gasteiger partial charge >= 0.3 is 6.16 Å². The second kappa shape index (κ2) is 14.7. The maximum Gasteiger partial charge on any atom is 0.540 e. The van der Waals surface area contributed by atoms with E-state index in [2.05, 4.69) is 16.6 Å². The number of halogens is 1. The van der Waals surface area contributed by atoms with Gasteiger partial charge in [-0.05, 0) is 92.2 Å². The Morgan fingerprint density at radius 1 is 0.792 bits per heavy atom. The zero-order valence-electron chi connectivity index (χ0n) is 26.3. The van der Waals surface area contributed by atoms with Crippen molar-refractivity contribution < 1.29 is 24.0 Å². The standard InChI is InChI=1S/C39H31ClN2O5S/c1-3-42-35-19-13-26(37(43)31-12-8-7-9-25(31)2)23-32(35)33-24-27(14-20-36(33)42)38(44)34(21-22-48-30-17-15-28(40)16-18-30)41-47-39(45)46-29-10-5-4-6-11-29/h4-20,23-24H,3,21-22H2,1-2H3. The summed E-state index contributed by atoms with van der Waals surface area (Å²) in [4.78, 5) is 46.0.